The Hall–Kier alpha value is -2.27. The second-order valence-corrected chi connectivity index (χ2v) is 9.22. The minimum absolute atomic E-state index is 0.0830. The van der Waals surface area contributed by atoms with E-state index in [0.29, 0.717) is 0 Å². The Kier molecular flexibility index (Phi) is 7.17. The number of aliphatic hydroxyl groups is 1. The molecule has 2 rings (SSSR count). The summed E-state index contributed by atoms with van der Waals surface area (Å²) in [5, 5.41) is 10.3. The molecule has 4 nitrogen and oxygen atoms in total. The molecule has 0 bridgehead atoms. The summed E-state index contributed by atoms with van der Waals surface area (Å²) in [5.74, 6) is -1.26. The summed E-state index contributed by atoms with van der Waals surface area (Å²) in [4.78, 5) is 23.1. The van der Waals surface area contributed by atoms with Gasteiger partial charge in [0.25, 0.3) is 0 Å². The number of carbonyl (C=O) groups excluding carboxylic acids is 2. The molecule has 0 aliphatic heterocycles. The second kappa shape index (κ2) is 9.04. The average Bonchev–Trinajstić information content (AvgIpc) is 2.59. The number of carbonyl (C=O) groups is 2. The van der Waals surface area contributed by atoms with Crippen molar-refractivity contribution in [2.75, 3.05) is 7.11 Å². The first kappa shape index (κ1) is 23.0. The number of ether oxygens (including phenoxy) is 1. The number of hydrogen-bond donors (Lipinski definition) is 1. The highest BCUT2D eigenvalue weighted by atomic mass is 19.1. The smallest absolute Gasteiger partial charge is 0.313 e. The molecule has 158 valence electrons. The number of esters is 1. The van der Waals surface area contributed by atoms with E-state index in [1.165, 1.54) is 19.2 Å². The van der Waals surface area contributed by atoms with Crippen molar-refractivity contribution >= 4 is 17.3 Å². The number of Topliss-reactive ketones (excluding diaryl/α,β-unsaturated/α-hetero) is 1. The predicted octanol–water partition coefficient (Wildman–Crippen LogP) is 4.86. The summed E-state index contributed by atoms with van der Waals surface area (Å²) >= 11 is 0. The number of hydrogen-bond acceptors (Lipinski definition) is 4. The van der Waals surface area contributed by atoms with Gasteiger partial charge in [-0.15, -0.1) is 0 Å². The fourth-order valence-corrected chi connectivity index (χ4v) is 4.39. The van der Waals surface area contributed by atoms with Gasteiger partial charge in [-0.1, -0.05) is 52.0 Å². The van der Waals surface area contributed by atoms with Crippen LogP contribution in [-0.2, 0) is 14.3 Å². The van der Waals surface area contributed by atoms with E-state index < -0.39 is 12.1 Å². The zero-order valence-corrected chi connectivity index (χ0v) is 17.9. The summed E-state index contributed by atoms with van der Waals surface area (Å²) in [7, 11) is 1.22. The fourth-order valence-electron chi connectivity index (χ4n) is 4.39. The maximum Gasteiger partial charge on any atom is 0.313 e. The summed E-state index contributed by atoms with van der Waals surface area (Å²) < 4.78 is 17.9. The highest BCUT2D eigenvalue weighted by Gasteiger charge is 2.38. The van der Waals surface area contributed by atoms with E-state index in [-0.39, 0.29) is 35.3 Å². The number of methoxy groups -OCH3 is 1. The minimum Gasteiger partial charge on any atom is -0.469 e. The maximum absolute atomic E-state index is 13.4. The Morgan fingerprint density at radius 1 is 1.21 bits per heavy atom. The Morgan fingerprint density at radius 3 is 2.41 bits per heavy atom. The van der Waals surface area contributed by atoms with Gasteiger partial charge < -0.3 is 9.84 Å². The Labute approximate surface area is 172 Å². The lowest BCUT2D eigenvalue weighted by Crippen LogP contribution is -2.30. The molecule has 1 unspecified atom stereocenters. The van der Waals surface area contributed by atoms with Crippen LogP contribution in [-0.4, -0.2) is 30.1 Å². The first-order valence-corrected chi connectivity index (χ1v) is 9.88. The second-order valence-electron chi connectivity index (χ2n) is 9.22. The molecule has 1 aliphatic rings. The van der Waals surface area contributed by atoms with Crippen molar-refractivity contribution in [1.82, 2.24) is 0 Å². The van der Waals surface area contributed by atoms with Crippen molar-refractivity contribution in [2.45, 2.75) is 59.5 Å². The molecule has 0 amide bonds. The molecule has 0 radical (unpaired) electrons. The van der Waals surface area contributed by atoms with Crippen LogP contribution in [0.3, 0.4) is 0 Å². The SMILES string of the molecule is COC(=O)CC(=O)CC(O)C=CC1=C(c2ccc(F)cc2)CC(C)(C)CC1(C)C. The molecule has 1 aromatic rings. The van der Waals surface area contributed by atoms with E-state index in [2.05, 4.69) is 32.4 Å². The highest BCUT2D eigenvalue weighted by molar-refractivity contribution is 5.95. The molecule has 5 heteroatoms. The van der Waals surface area contributed by atoms with Crippen molar-refractivity contribution in [2.24, 2.45) is 10.8 Å². The van der Waals surface area contributed by atoms with Crippen molar-refractivity contribution in [3.05, 3.63) is 53.4 Å². The van der Waals surface area contributed by atoms with Crippen LogP contribution in [0.15, 0.2) is 42.0 Å². The van der Waals surface area contributed by atoms with Crippen molar-refractivity contribution < 1.29 is 23.8 Å². The van der Waals surface area contributed by atoms with Gasteiger partial charge in [0, 0.05) is 6.42 Å². The van der Waals surface area contributed by atoms with Gasteiger partial charge in [-0.3, -0.25) is 9.59 Å². The van der Waals surface area contributed by atoms with Crippen LogP contribution >= 0.6 is 0 Å². The molecule has 0 spiro atoms. The molecule has 29 heavy (non-hydrogen) atoms. The standard InChI is InChI=1S/C24H31FO4/c1-23(2)14-20(16-6-8-17(25)9-7-16)21(24(3,4)15-23)11-10-18(26)12-19(27)13-22(28)29-5/h6-11,18,26H,12-15H2,1-5H3. The third-order valence-electron chi connectivity index (χ3n) is 5.31. The number of benzene rings is 1. The number of ketones is 1. The Balaban J connectivity index is 2.33. The van der Waals surface area contributed by atoms with E-state index in [4.69, 9.17) is 0 Å². The predicted molar refractivity (Wildman–Crippen MR) is 112 cm³/mol. The minimum atomic E-state index is -0.986. The molecular weight excluding hydrogens is 371 g/mol. The van der Waals surface area contributed by atoms with E-state index in [0.717, 1.165) is 29.6 Å². The number of allylic oxidation sites excluding steroid dienone is 3. The molecule has 1 atom stereocenters. The molecule has 0 saturated carbocycles. The first-order chi connectivity index (χ1) is 13.4. The third kappa shape index (κ3) is 6.36. The molecule has 1 aliphatic carbocycles. The van der Waals surface area contributed by atoms with E-state index in [1.54, 1.807) is 18.2 Å². The Morgan fingerprint density at radius 2 is 1.83 bits per heavy atom. The lowest BCUT2D eigenvalue weighted by molar-refractivity contribution is -0.143. The van der Waals surface area contributed by atoms with E-state index in [1.807, 2.05) is 6.08 Å². The quantitative estimate of drug-likeness (QED) is 0.522. The molecule has 0 saturated heterocycles. The molecule has 0 aromatic heterocycles. The zero-order valence-electron chi connectivity index (χ0n) is 17.9. The summed E-state index contributed by atoms with van der Waals surface area (Å²) in [5.41, 5.74) is 3.08. The van der Waals surface area contributed by atoms with Crippen LogP contribution < -0.4 is 0 Å². The molecule has 1 N–H and O–H groups in total. The van der Waals surface area contributed by atoms with Gasteiger partial charge in [0.1, 0.15) is 18.0 Å². The molecular formula is C24H31FO4. The normalized spacial score (nSPS) is 19.3. The first-order valence-electron chi connectivity index (χ1n) is 9.88. The monoisotopic (exact) mass is 402 g/mol. The molecule has 0 heterocycles. The van der Waals surface area contributed by atoms with Gasteiger partial charge in [-0.2, -0.15) is 0 Å². The van der Waals surface area contributed by atoms with Gasteiger partial charge >= 0.3 is 5.97 Å². The van der Waals surface area contributed by atoms with Crippen LogP contribution in [0.5, 0.6) is 0 Å². The number of rotatable bonds is 7. The van der Waals surface area contributed by atoms with Gasteiger partial charge in [-0.05, 0) is 52.5 Å². The summed E-state index contributed by atoms with van der Waals surface area (Å²) in [6.45, 7) is 8.76. The fraction of sp³-hybridized carbons (Fsp3) is 0.500. The van der Waals surface area contributed by atoms with Crippen LogP contribution in [0.2, 0.25) is 0 Å². The van der Waals surface area contributed by atoms with Crippen LogP contribution in [0, 0.1) is 16.6 Å². The van der Waals surface area contributed by atoms with Gasteiger partial charge in [0.2, 0.25) is 0 Å². The van der Waals surface area contributed by atoms with Gasteiger partial charge in [0.05, 0.1) is 13.2 Å². The van der Waals surface area contributed by atoms with Crippen LogP contribution in [0.4, 0.5) is 4.39 Å². The van der Waals surface area contributed by atoms with Crippen LogP contribution in [0.1, 0.15) is 58.9 Å². The summed E-state index contributed by atoms with van der Waals surface area (Å²) in [6.07, 6.45) is 3.81. The topological polar surface area (TPSA) is 63.6 Å². The van der Waals surface area contributed by atoms with Crippen molar-refractivity contribution in [3.8, 4) is 0 Å². The lowest BCUT2D eigenvalue weighted by Gasteiger charge is -2.43. The average molecular weight is 403 g/mol. The maximum atomic E-state index is 13.4. The lowest BCUT2D eigenvalue weighted by atomic mass is 9.61. The van der Waals surface area contributed by atoms with E-state index in [9.17, 15) is 19.1 Å². The highest BCUT2D eigenvalue weighted by Crippen LogP contribution is 2.52. The molecule has 0 fully saturated rings. The number of aliphatic hydroxyl groups excluding tert-OH is 1. The zero-order chi connectivity index (χ0) is 21.8. The van der Waals surface area contributed by atoms with Crippen LogP contribution in [0.25, 0.3) is 5.57 Å². The van der Waals surface area contributed by atoms with Crippen molar-refractivity contribution in [1.29, 1.82) is 0 Å². The summed E-state index contributed by atoms with van der Waals surface area (Å²) in [6, 6.07) is 6.48. The van der Waals surface area contributed by atoms with Gasteiger partial charge in [0.15, 0.2) is 0 Å². The molecule has 1 aromatic carbocycles. The van der Waals surface area contributed by atoms with Crippen molar-refractivity contribution in [3.63, 3.8) is 0 Å². The van der Waals surface area contributed by atoms with E-state index >= 15 is 0 Å². The third-order valence-corrected chi connectivity index (χ3v) is 5.31. The largest absolute Gasteiger partial charge is 0.469 e. The van der Waals surface area contributed by atoms with Gasteiger partial charge in [-0.25, -0.2) is 4.39 Å². The number of halogens is 1. The Bertz CT molecular complexity index is 816.